The van der Waals surface area contributed by atoms with E-state index in [1.807, 2.05) is 4.90 Å². The standard InChI is InChI=1S/C21H25BrN8O2/c22-15-11-24-20-18(16(12-25-20)28-21(32)13-9-26-27-10-13)19(15)30-6-4-29(5-7-30)17(31)8-14-2-1-3-23-14/h9-12,14,23H,1-8H2,(H,24,25)(H,26,27)(H,28,32). The molecule has 2 aliphatic rings. The van der Waals surface area contributed by atoms with Crippen molar-refractivity contribution in [1.82, 2.24) is 30.4 Å². The number of aromatic nitrogens is 4. The van der Waals surface area contributed by atoms with E-state index in [2.05, 4.69) is 51.6 Å². The Labute approximate surface area is 193 Å². The first-order chi connectivity index (χ1) is 15.6. The molecule has 32 heavy (non-hydrogen) atoms. The number of anilines is 2. The predicted molar refractivity (Wildman–Crippen MR) is 125 cm³/mol. The van der Waals surface area contributed by atoms with Crippen LogP contribution in [0.15, 0.2) is 29.3 Å². The maximum atomic E-state index is 12.7. The summed E-state index contributed by atoms with van der Waals surface area (Å²) in [7, 11) is 0. The second kappa shape index (κ2) is 8.91. The third-order valence-corrected chi connectivity index (χ3v) is 6.75. The molecule has 2 amide bonds. The van der Waals surface area contributed by atoms with Gasteiger partial charge in [0.1, 0.15) is 5.65 Å². The van der Waals surface area contributed by atoms with Gasteiger partial charge in [-0.1, -0.05) is 0 Å². The number of hydrogen-bond donors (Lipinski definition) is 4. The molecule has 5 heterocycles. The van der Waals surface area contributed by atoms with Gasteiger partial charge in [-0.2, -0.15) is 5.10 Å². The third-order valence-electron chi connectivity index (χ3n) is 6.17. The molecule has 10 nitrogen and oxygen atoms in total. The fraction of sp³-hybridized carbons (Fsp3) is 0.429. The number of fused-ring (bicyclic) bond motifs is 1. The molecular formula is C21H25BrN8O2. The van der Waals surface area contributed by atoms with Gasteiger partial charge in [0.2, 0.25) is 5.91 Å². The van der Waals surface area contributed by atoms with Crippen molar-refractivity contribution >= 4 is 50.2 Å². The lowest BCUT2D eigenvalue weighted by atomic mass is 10.1. The van der Waals surface area contributed by atoms with E-state index in [1.165, 1.54) is 6.20 Å². The number of rotatable bonds is 5. The number of halogens is 1. The minimum absolute atomic E-state index is 0.220. The molecule has 0 spiro atoms. The molecule has 0 saturated carbocycles. The smallest absolute Gasteiger partial charge is 0.258 e. The van der Waals surface area contributed by atoms with Crippen LogP contribution < -0.4 is 15.5 Å². The Morgan fingerprint density at radius 1 is 1.19 bits per heavy atom. The zero-order chi connectivity index (χ0) is 22.1. The average Bonchev–Trinajstić information content (AvgIpc) is 3.57. The number of nitrogens with zero attached hydrogens (tertiary/aromatic N) is 4. The molecule has 0 aliphatic carbocycles. The largest absolute Gasteiger partial charge is 0.366 e. The van der Waals surface area contributed by atoms with Crippen LogP contribution in [0.4, 0.5) is 11.4 Å². The molecule has 2 saturated heterocycles. The van der Waals surface area contributed by atoms with E-state index in [4.69, 9.17) is 0 Å². The van der Waals surface area contributed by atoms with Crippen molar-refractivity contribution in [3.63, 3.8) is 0 Å². The van der Waals surface area contributed by atoms with E-state index in [0.29, 0.717) is 55.5 Å². The number of piperazine rings is 1. The molecule has 4 N–H and O–H groups in total. The molecule has 2 aliphatic heterocycles. The highest BCUT2D eigenvalue weighted by molar-refractivity contribution is 9.10. The Morgan fingerprint density at radius 2 is 2.03 bits per heavy atom. The van der Waals surface area contributed by atoms with Gasteiger partial charge in [-0.3, -0.25) is 14.7 Å². The molecule has 11 heteroatoms. The number of aromatic amines is 2. The van der Waals surface area contributed by atoms with Crippen LogP contribution in [-0.2, 0) is 4.79 Å². The van der Waals surface area contributed by atoms with E-state index in [0.717, 1.165) is 34.9 Å². The number of amides is 2. The second-order valence-corrected chi connectivity index (χ2v) is 9.04. The van der Waals surface area contributed by atoms with Crippen molar-refractivity contribution in [2.75, 3.05) is 42.9 Å². The van der Waals surface area contributed by atoms with Gasteiger partial charge in [-0.25, -0.2) is 4.98 Å². The molecule has 2 fully saturated rings. The van der Waals surface area contributed by atoms with E-state index >= 15 is 0 Å². The van der Waals surface area contributed by atoms with Crippen LogP contribution in [0, 0.1) is 0 Å². The van der Waals surface area contributed by atoms with Crippen LogP contribution in [0.3, 0.4) is 0 Å². The van der Waals surface area contributed by atoms with E-state index < -0.39 is 0 Å². The highest BCUT2D eigenvalue weighted by Crippen LogP contribution is 2.38. The molecule has 3 aromatic heterocycles. The summed E-state index contributed by atoms with van der Waals surface area (Å²) in [5.74, 6) is -0.0285. The Morgan fingerprint density at radius 3 is 2.75 bits per heavy atom. The topological polar surface area (TPSA) is 122 Å². The van der Waals surface area contributed by atoms with Crippen LogP contribution in [0.5, 0.6) is 0 Å². The first kappa shape index (κ1) is 21.0. The van der Waals surface area contributed by atoms with Gasteiger partial charge in [-0.05, 0) is 35.3 Å². The minimum Gasteiger partial charge on any atom is -0.366 e. The lowest BCUT2D eigenvalue weighted by Crippen LogP contribution is -2.49. The van der Waals surface area contributed by atoms with E-state index in [1.54, 1.807) is 18.6 Å². The number of carbonyl (C=O) groups is 2. The summed E-state index contributed by atoms with van der Waals surface area (Å²) in [5.41, 5.74) is 2.76. The molecule has 3 aromatic rings. The molecule has 0 radical (unpaired) electrons. The maximum Gasteiger partial charge on any atom is 0.258 e. The van der Waals surface area contributed by atoms with Crippen molar-refractivity contribution in [3.05, 3.63) is 34.8 Å². The molecule has 0 bridgehead atoms. The summed E-state index contributed by atoms with van der Waals surface area (Å²) >= 11 is 3.64. The van der Waals surface area contributed by atoms with Crippen LogP contribution >= 0.6 is 15.9 Å². The lowest BCUT2D eigenvalue weighted by molar-refractivity contribution is -0.131. The van der Waals surface area contributed by atoms with Crippen molar-refractivity contribution in [2.24, 2.45) is 0 Å². The summed E-state index contributed by atoms with van der Waals surface area (Å²) in [6.45, 7) is 3.77. The zero-order valence-electron chi connectivity index (χ0n) is 17.5. The predicted octanol–water partition coefficient (Wildman–Crippen LogP) is 2.09. The van der Waals surface area contributed by atoms with Gasteiger partial charge in [0.05, 0.1) is 33.0 Å². The quantitative estimate of drug-likeness (QED) is 0.425. The first-order valence-corrected chi connectivity index (χ1v) is 11.6. The maximum absolute atomic E-state index is 12.7. The molecular weight excluding hydrogens is 476 g/mol. The normalized spacial score (nSPS) is 19.0. The fourth-order valence-corrected chi connectivity index (χ4v) is 5.03. The van der Waals surface area contributed by atoms with Crippen molar-refractivity contribution in [3.8, 4) is 0 Å². The van der Waals surface area contributed by atoms with E-state index in [-0.39, 0.29) is 11.8 Å². The zero-order valence-corrected chi connectivity index (χ0v) is 19.1. The monoisotopic (exact) mass is 500 g/mol. The summed E-state index contributed by atoms with van der Waals surface area (Å²) in [6.07, 6.45) is 9.35. The van der Waals surface area contributed by atoms with Gasteiger partial charge >= 0.3 is 0 Å². The summed E-state index contributed by atoms with van der Waals surface area (Å²) in [4.78, 5) is 37.1. The molecule has 168 valence electrons. The number of H-pyrrole nitrogens is 2. The number of nitrogens with one attached hydrogen (secondary N) is 4. The summed E-state index contributed by atoms with van der Waals surface area (Å²) < 4.78 is 0.846. The van der Waals surface area contributed by atoms with Gasteiger partial charge in [0, 0.05) is 57.2 Å². The van der Waals surface area contributed by atoms with Crippen LogP contribution in [0.2, 0.25) is 0 Å². The highest BCUT2D eigenvalue weighted by atomic mass is 79.9. The molecule has 5 rings (SSSR count). The lowest BCUT2D eigenvalue weighted by Gasteiger charge is -2.37. The van der Waals surface area contributed by atoms with Crippen LogP contribution in [0.1, 0.15) is 29.6 Å². The Balaban J connectivity index is 1.34. The van der Waals surface area contributed by atoms with Crippen molar-refractivity contribution in [1.29, 1.82) is 0 Å². The van der Waals surface area contributed by atoms with Gasteiger partial charge in [0.25, 0.3) is 5.91 Å². The van der Waals surface area contributed by atoms with Crippen LogP contribution in [-0.4, -0.2) is 75.6 Å². The number of hydrogen-bond acceptors (Lipinski definition) is 6. The van der Waals surface area contributed by atoms with Crippen molar-refractivity contribution in [2.45, 2.75) is 25.3 Å². The Bertz CT molecular complexity index is 1110. The van der Waals surface area contributed by atoms with Crippen LogP contribution in [0.25, 0.3) is 11.0 Å². The first-order valence-electron chi connectivity index (χ1n) is 10.8. The van der Waals surface area contributed by atoms with Gasteiger partial charge < -0.3 is 25.4 Å². The molecule has 0 aromatic carbocycles. The molecule has 1 atom stereocenters. The Kier molecular flexibility index (Phi) is 5.83. The van der Waals surface area contributed by atoms with E-state index in [9.17, 15) is 9.59 Å². The summed E-state index contributed by atoms with van der Waals surface area (Å²) in [5, 5.41) is 13.7. The van der Waals surface area contributed by atoms with Gasteiger partial charge in [0.15, 0.2) is 0 Å². The average molecular weight is 501 g/mol. The summed E-state index contributed by atoms with van der Waals surface area (Å²) in [6, 6.07) is 0.316. The minimum atomic E-state index is -0.249. The number of carbonyl (C=O) groups excluding carboxylic acids is 2. The fourth-order valence-electron chi connectivity index (χ4n) is 4.48. The second-order valence-electron chi connectivity index (χ2n) is 8.19. The highest BCUT2D eigenvalue weighted by Gasteiger charge is 2.27. The van der Waals surface area contributed by atoms with Crippen molar-refractivity contribution < 1.29 is 9.59 Å². The Hall–Kier alpha value is -2.92. The van der Waals surface area contributed by atoms with Gasteiger partial charge in [-0.15, -0.1) is 0 Å². The number of pyridine rings is 1. The SMILES string of the molecule is O=C(Nc1c[nH]c2ncc(Br)c(N3CCN(C(=O)CC4CCCN4)CC3)c12)c1cn[nH]c1. The molecule has 1 unspecified atom stereocenters. The third kappa shape index (κ3) is 4.09.